The summed E-state index contributed by atoms with van der Waals surface area (Å²) in [5.41, 5.74) is 0.699. The van der Waals surface area contributed by atoms with Crippen molar-refractivity contribution in [1.29, 1.82) is 0 Å². The van der Waals surface area contributed by atoms with Gasteiger partial charge in [0.05, 0.1) is 14.2 Å². The molecule has 2 rings (SSSR count). The van der Waals surface area contributed by atoms with E-state index >= 15 is 0 Å². The molecule has 0 radical (unpaired) electrons. The zero-order valence-corrected chi connectivity index (χ0v) is 18.6. The second-order valence-corrected chi connectivity index (χ2v) is 8.44. The first-order valence-electron chi connectivity index (χ1n) is 10.0. The van der Waals surface area contributed by atoms with Gasteiger partial charge in [-0.05, 0) is 30.9 Å². The molecule has 1 heterocycles. The minimum atomic E-state index is -0.0497. The predicted molar refractivity (Wildman–Crippen MR) is 112 cm³/mol. The van der Waals surface area contributed by atoms with Crippen molar-refractivity contribution in [2.45, 2.75) is 59.9 Å². The first-order valence-corrected chi connectivity index (χ1v) is 10.0. The summed E-state index contributed by atoms with van der Waals surface area (Å²) in [5.74, 6) is 2.43. The topological polar surface area (TPSA) is 77.7 Å². The van der Waals surface area contributed by atoms with Crippen molar-refractivity contribution in [2.24, 2.45) is 5.41 Å². The molecule has 0 aliphatic carbocycles. The van der Waals surface area contributed by atoms with Crippen molar-refractivity contribution < 1.29 is 18.8 Å². The Morgan fingerprint density at radius 2 is 1.79 bits per heavy atom. The third kappa shape index (κ3) is 6.48. The molecule has 7 nitrogen and oxygen atoms in total. The van der Waals surface area contributed by atoms with Crippen LogP contribution in [-0.4, -0.2) is 47.8 Å². The fraction of sp³-hybridized carbons (Fsp3) is 0.591. The van der Waals surface area contributed by atoms with Crippen molar-refractivity contribution in [3.05, 3.63) is 24.1 Å². The largest absolute Gasteiger partial charge is 0.497 e. The number of rotatable bonds is 9. The van der Waals surface area contributed by atoms with Crippen LogP contribution in [0.25, 0.3) is 11.4 Å². The number of benzene rings is 1. The number of methoxy groups -OCH3 is 2. The standard InChI is InChI=1S/C22H33N3O4/c1-8-15(2)25(20(26)14-22(3,4)5)10-9-19-23-21(24-29-19)16-11-17(27-6)13-18(12-16)28-7/h11-13,15H,8-10,14H2,1-7H3. The Balaban J connectivity index is 2.13. The lowest BCUT2D eigenvalue weighted by Gasteiger charge is -2.31. The molecule has 0 N–H and O–H groups in total. The van der Waals surface area contributed by atoms with Crippen molar-refractivity contribution in [3.63, 3.8) is 0 Å². The highest BCUT2D eigenvalue weighted by Gasteiger charge is 2.24. The molecular formula is C22H33N3O4. The van der Waals surface area contributed by atoms with Gasteiger partial charge in [0.2, 0.25) is 17.6 Å². The SMILES string of the molecule is CCC(C)N(CCc1nc(-c2cc(OC)cc(OC)c2)no1)C(=O)CC(C)(C)C. The minimum absolute atomic E-state index is 0.0497. The molecule has 0 saturated heterocycles. The molecule has 1 aromatic carbocycles. The molecule has 160 valence electrons. The van der Waals surface area contributed by atoms with Gasteiger partial charge in [-0.15, -0.1) is 0 Å². The summed E-state index contributed by atoms with van der Waals surface area (Å²) >= 11 is 0. The molecule has 0 spiro atoms. The molecule has 0 bridgehead atoms. The van der Waals surface area contributed by atoms with Crippen LogP contribution < -0.4 is 9.47 Å². The number of carbonyl (C=O) groups is 1. The van der Waals surface area contributed by atoms with E-state index in [1.807, 2.05) is 17.0 Å². The van der Waals surface area contributed by atoms with E-state index in [9.17, 15) is 4.79 Å². The first-order chi connectivity index (χ1) is 13.7. The van der Waals surface area contributed by atoms with E-state index in [1.165, 1.54) is 0 Å². The van der Waals surface area contributed by atoms with E-state index < -0.39 is 0 Å². The van der Waals surface area contributed by atoms with Gasteiger partial charge < -0.3 is 18.9 Å². The first kappa shape index (κ1) is 22.7. The maximum absolute atomic E-state index is 12.8. The van der Waals surface area contributed by atoms with Gasteiger partial charge in [0.1, 0.15) is 11.5 Å². The summed E-state index contributed by atoms with van der Waals surface area (Å²) in [7, 11) is 3.19. The quantitative estimate of drug-likeness (QED) is 0.619. The Kier molecular flexibility index (Phi) is 7.65. The van der Waals surface area contributed by atoms with Crippen LogP contribution in [0.4, 0.5) is 0 Å². The molecule has 1 unspecified atom stereocenters. The van der Waals surface area contributed by atoms with Crippen molar-refractivity contribution in [2.75, 3.05) is 20.8 Å². The lowest BCUT2D eigenvalue weighted by molar-refractivity contribution is -0.135. The average Bonchev–Trinajstić information content (AvgIpc) is 3.15. The number of aromatic nitrogens is 2. The number of ether oxygens (including phenoxy) is 2. The van der Waals surface area contributed by atoms with Gasteiger partial charge in [-0.1, -0.05) is 32.9 Å². The van der Waals surface area contributed by atoms with Crippen LogP contribution in [0.1, 0.15) is 53.4 Å². The molecule has 1 amide bonds. The lowest BCUT2D eigenvalue weighted by Crippen LogP contribution is -2.41. The molecule has 29 heavy (non-hydrogen) atoms. The van der Waals surface area contributed by atoms with Gasteiger partial charge in [0.25, 0.3) is 0 Å². The van der Waals surface area contributed by atoms with Crippen LogP contribution in [0.3, 0.4) is 0 Å². The number of amides is 1. The fourth-order valence-corrected chi connectivity index (χ4v) is 2.99. The molecule has 0 aliphatic rings. The van der Waals surface area contributed by atoms with Gasteiger partial charge in [0.15, 0.2) is 0 Å². The zero-order chi connectivity index (χ0) is 21.6. The predicted octanol–water partition coefficient (Wildman–Crippen LogP) is 4.36. The second-order valence-electron chi connectivity index (χ2n) is 8.44. The van der Waals surface area contributed by atoms with E-state index in [4.69, 9.17) is 14.0 Å². The van der Waals surface area contributed by atoms with E-state index in [0.29, 0.717) is 42.6 Å². The van der Waals surface area contributed by atoms with Gasteiger partial charge >= 0.3 is 0 Å². The summed E-state index contributed by atoms with van der Waals surface area (Å²) in [5, 5.41) is 4.08. The zero-order valence-electron chi connectivity index (χ0n) is 18.6. The van der Waals surface area contributed by atoms with Crippen LogP contribution in [0.2, 0.25) is 0 Å². The smallest absolute Gasteiger partial charge is 0.228 e. The summed E-state index contributed by atoms with van der Waals surface area (Å²) in [6, 6.07) is 5.61. The monoisotopic (exact) mass is 403 g/mol. The van der Waals surface area contributed by atoms with Crippen LogP contribution in [0.15, 0.2) is 22.7 Å². The van der Waals surface area contributed by atoms with E-state index in [2.05, 4.69) is 44.8 Å². The highest BCUT2D eigenvalue weighted by atomic mass is 16.5. The molecule has 0 saturated carbocycles. The van der Waals surface area contributed by atoms with Gasteiger partial charge in [-0.2, -0.15) is 4.98 Å². The second kappa shape index (κ2) is 9.76. The Morgan fingerprint density at radius 1 is 1.17 bits per heavy atom. The molecule has 1 atom stereocenters. The number of hydrogen-bond donors (Lipinski definition) is 0. The Morgan fingerprint density at radius 3 is 2.31 bits per heavy atom. The van der Waals surface area contributed by atoms with E-state index in [-0.39, 0.29) is 17.4 Å². The van der Waals surface area contributed by atoms with E-state index in [0.717, 1.165) is 12.0 Å². The molecule has 7 heteroatoms. The average molecular weight is 404 g/mol. The fourth-order valence-electron chi connectivity index (χ4n) is 2.99. The van der Waals surface area contributed by atoms with Gasteiger partial charge in [-0.25, -0.2) is 0 Å². The maximum Gasteiger partial charge on any atom is 0.228 e. The molecule has 0 fully saturated rings. The van der Waals surface area contributed by atoms with Crippen LogP contribution in [-0.2, 0) is 11.2 Å². The lowest BCUT2D eigenvalue weighted by atomic mass is 9.91. The minimum Gasteiger partial charge on any atom is -0.497 e. The normalized spacial score (nSPS) is 12.5. The molecular weight excluding hydrogens is 370 g/mol. The Labute approximate surface area is 173 Å². The number of hydrogen-bond acceptors (Lipinski definition) is 6. The molecule has 0 aliphatic heterocycles. The van der Waals surface area contributed by atoms with Crippen molar-refractivity contribution in [3.8, 4) is 22.9 Å². The number of carbonyl (C=O) groups excluding carboxylic acids is 1. The van der Waals surface area contributed by atoms with Gasteiger partial charge in [0, 0.05) is 37.1 Å². The molecule has 1 aromatic heterocycles. The molecule has 2 aromatic rings. The Hall–Kier alpha value is -2.57. The highest BCUT2D eigenvalue weighted by molar-refractivity contribution is 5.77. The van der Waals surface area contributed by atoms with Crippen molar-refractivity contribution >= 4 is 5.91 Å². The summed E-state index contributed by atoms with van der Waals surface area (Å²) in [6.45, 7) is 10.9. The highest BCUT2D eigenvalue weighted by Crippen LogP contribution is 2.28. The Bertz CT molecular complexity index is 788. The summed E-state index contributed by atoms with van der Waals surface area (Å²) in [4.78, 5) is 19.2. The van der Waals surface area contributed by atoms with Crippen LogP contribution >= 0.6 is 0 Å². The number of nitrogens with zero attached hydrogens (tertiary/aromatic N) is 3. The van der Waals surface area contributed by atoms with Crippen molar-refractivity contribution in [1.82, 2.24) is 15.0 Å². The maximum atomic E-state index is 12.8. The van der Waals surface area contributed by atoms with Gasteiger partial charge in [-0.3, -0.25) is 4.79 Å². The van der Waals surface area contributed by atoms with Crippen LogP contribution in [0, 0.1) is 5.41 Å². The van der Waals surface area contributed by atoms with Crippen LogP contribution in [0.5, 0.6) is 11.5 Å². The third-order valence-corrected chi connectivity index (χ3v) is 4.77. The summed E-state index contributed by atoms with van der Waals surface area (Å²) < 4.78 is 16.0. The van der Waals surface area contributed by atoms with E-state index in [1.54, 1.807) is 20.3 Å². The third-order valence-electron chi connectivity index (χ3n) is 4.77. The summed E-state index contributed by atoms with van der Waals surface area (Å²) in [6.07, 6.45) is 1.92.